The number of nitrogens with zero attached hydrogens (tertiary/aromatic N) is 4. The van der Waals surface area contributed by atoms with Crippen LogP contribution in [0.2, 0.25) is 0 Å². The van der Waals surface area contributed by atoms with Crippen LogP contribution in [0.15, 0.2) is 24.3 Å². The molecule has 30 heavy (non-hydrogen) atoms. The molecule has 2 saturated heterocycles. The van der Waals surface area contributed by atoms with E-state index >= 15 is 0 Å². The van der Waals surface area contributed by atoms with E-state index in [4.69, 9.17) is 0 Å². The van der Waals surface area contributed by atoms with Gasteiger partial charge in [-0.1, -0.05) is 17.3 Å². The van der Waals surface area contributed by atoms with Crippen LogP contribution in [0.1, 0.15) is 59.9 Å². The van der Waals surface area contributed by atoms with E-state index in [1.165, 1.54) is 0 Å². The first-order valence-electron chi connectivity index (χ1n) is 10.4. The van der Waals surface area contributed by atoms with Gasteiger partial charge in [-0.15, -0.1) is 17.5 Å². The summed E-state index contributed by atoms with van der Waals surface area (Å²) < 4.78 is 1.89. The molecule has 4 rings (SSSR count). The molecule has 162 valence electrons. The fourth-order valence-corrected chi connectivity index (χ4v) is 4.09. The Morgan fingerprint density at radius 2 is 1.93 bits per heavy atom. The lowest BCUT2D eigenvalue weighted by atomic mass is 10.1. The number of anilines is 1. The summed E-state index contributed by atoms with van der Waals surface area (Å²) in [4.78, 5) is 26.5. The molecule has 0 radical (unpaired) electrons. The van der Waals surface area contributed by atoms with Gasteiger partial charge in [0.2, 0.25) is 5.91 Å². The van der Waals surface area contributed by atoms with Gasteiger partial charge in [0.05, 0.1) is 11.7 Å². The van der Waals surface area contributed by atoms with E-state index in [1.54, 1.807) is 0 Å². The lowest BCUT2D eigenvalue weighted by molar-refractivity contribution is -0.119. The van der Waals surface area contributed by atoms with Gasteiger partial charge in [-0.3, -0.25) is 9.59 Å². The molecule has 2 fully saturated rings. The summed E-state index contributed by atoms with van der Waals surface area (Å²) in [6, 6.07) is 8.11. The zero-order valence-corrected chi connectivity index (χ0v) is 18.1. The number of carbonyl (C=O) groups is 2. The second-order valence-electron chi connectivity index (χ2n) is 7.80. The number of aromatic nitrogens is 3. The normalized spacial score (nSPS) is 17.5. The van der Waals surface area contributed by atoms with Gasteiger partial charge >= 0.3 is 0 Å². The third kappa shape index (κ3) is 4.82. The zero-order chi connectivity index (χ0) is 20.2. The van der Waals surface area contributed by atoms with Crippen molar-refractivity contribution in [3.63, 3.8) is 0 Å². The van der Waals surface area contributed by atoms with Gasteiger partial charge in [-0.05, 0) is 63.4 Å². The first-order valence-corrected chi connectivity index (χ1v) is 10.4. The molecule has 0 aliphatic carbocycles. The van der Waals surface area contributed by atoms with Crippen LogP contribution in [0.4, 0.5) is 5.69 Å². The maximum absolute atomic E-state index is 12.6. The monoisotopic (exact) mass is 432 g/mol. The molecule has 0 unspecified atom stereocenters. The highest BCUT2D eigenvalue weighted by Crippen LogP contribution is 2.22. The molecule has 9 heteroatoms. The van der Waals surface area contributed by atoms with E-state index in [1.807, 2.05) is 40.8 Å². The highest BCUT2D eigenvalue weighted by molar-refractivity contribution is 5.94. The van der Waals surface area contributed by atoms with Gasteiger partial charge in [-0.2, -0.15) is 0 Å². The van der Waals surface area contributed by atoms with Crippen molar-refractivity contribution >= 4 is 29.9 Å². The summed E-state index contributed by atoms with van der Waals surface area (Å²) in [6.07, 6.45) is 4.63. The Hall–Kier alpha value is -2.45. The van der Waals surface area contributed by atoms with Crippen molar-refractivity contribution in [1.82, 2.24) is 25.6 Å². The molecule has 0 spiro atoms. The Morgan fingerprint density at radius 1 is 1.20 bits per heavy atom. The number of halogens is 1. The largest absolute Gasteiger partial charge is 0.347 e. The summed E-state index contributed by atoms with van der Waals surface area (Å²) in [5.41, 5.74) is 3.10. The molecule has 3 heterocycles. The van der Waals surface area contributed by atoms with Crippen molar-refractivity contribution < 1.29 is 9.59 Å². The summed E-state index contributed by atoms with van der Waals surface area (Å²) in [7, 11) is 0. The molecule has 1 aromatic heterocycles. The number of benzene rings is 1. The van der Waals surface area contributed by atoms with Crippen LogP contribution >= 0.6 is 12.4 Å². The van der Waals surface area contributed by atoms with Crippen molar-refractivity contribution in [1.29, 1.82) is 0 Å². The maximum atomic E-state index is 12.6. The van der Waals surface area contributed by atoms with Crippen LogP contribution in [-0.4, -0.2) is 46.4 Å². The van der Waals surface area contributed by atoms with Crippen LogP contribution < -0.4 is 15.5 Å². The molecule has 2 aliphatic heterocycles. The Labute approximate surface area is 182 Å². The predicted molar refractivity (Wildman–Crippen MR) is 117 cm³/mol. The lowest BCUT2D eigenvalue weighted by Crippen LogP contribution is -2.35. The van der Waals surface area contributed by atoms with Gasteiger partial charge in [0, 0.05) is 25.2 Å². The summed E-state index contributed by atoms with van der Waals surface area (Å²) >= 11 is 0. The summed E-state index contributed by atoms with van der Waals surface area (Å²) in [5, 5.41) is 14.6. The van der Waals surface area contributed by atoms with Crippen LogP contribution in [0, 0.1) is 6.92 Å². The number of hydrogen-bond donors (Lipinski definition) is 2. The molecular formula is C21H29ClN6O2. The SMILES string of the molecule is Cc1c(C(=O)NCc2ccc(N3CCCCC3=O)cc2)nnn1C1CCNCC1.Cl. The minimum absolute atomic E-state index is 0. The van der Waals surface area contributed by atoms with Crippen molar-refractivity contribution in [2.75, 3.05) is 24.5 Å². The third-order valence-corrected chi connectivity index (χ3v) is 5.82. The standard InChI is InChI=1S/C21H28N6O2.ClH/c1-15-20(24-25-27(15)18-9-11-22-12-10-18)21(29)23-14-16-5-7-17(8-6-16)26-13-3-2-4-19(26)28;/h5-8,18,22H,2-4,9-14H2,1H3,(H,23,29);1H. The van der Waals surface area contributed by atoms with Gasteiger partial charge in [-0.25, -0.2) is 4.68 Å². The first kappa shape index (κ1) is 22.2. The van der Waals surface area contributed by atoms with Crippen LogP contribution in [0.3, 0.4) is 0 Å². The fourth-order valence-electron chi connectivity index (χ4n) is 4.09. The van der Waals surface area contributed by atoms with Crippen molar-refractivity contribution in [2.45, 2.75) is 51.6 Å². The molecule has 2 aliphatic rings. The highest BCUT2D eigenvalue weighted by atomic mass is 35.5. The number of amides is 2. The highest BCUT2D eigenvalue weighted by Gasteiger charge is 2.23. The average Bonchev–Trinajstić information content (AvgIpc) is 3.15. The van der Waals surface area contributed by atoms with Gasteiger partial charge in [0.25, 0.3) is 5.91 Å². The fraction of sp³-hybridized carbons (Fsp3) is 0.524. The Kier molecular flexibility index (Phi) is 7.44. The molecular weight excluding hydrogens is 404 g/mol. The summed E-state index contributed by atoms with van der Waals surface area (Å²) in [6.45, 7) is 5.02. The quantitative estimate of drug-likeness (QED) is 0.756. The van der Waals surface area contributed by atoms with Crippen molar-refractivity contribution in [2.24, 2.45) is 0 Å². The molecule has 0 bridgehead atoms. The van der Waals surface area contributed by atoms with E-state index in [2.05, 4.69) is 20.9 Å². The number of rotatable bonds is 5. The lowest BCUT2D eigenvalue weighted by Gasteiger charge is -2.26. The van der Waals surface area contributed by atoms with Gasteiger partial charge in [0.15, 0.2) is 5.69 Å². The topological polar surface area (TPSA) is 92.2 Å². The van der Waals surface area contributed by atoms with Crippen LogP contribution in [-0.2, 0) is 11.3 Å². The molecule has 0 atom stereocenters. The molecule has 2 aromatic rings. The van der Waals surface area contributed by atoms with E-state index in [0.29, 0.717) is 24.7 Å². The number of piperidine rings is 2. The van der Waals surface area contributed by atoms with Crippen molar-refractivity contribution in [3.8, 4) is 0 Å². The minimum Gasteiger partial charge on any atom is -0.347 e. The number of carbonyl (C=O) groups excluding carboxylic acids is 2. The molecule has 1 aromatic carbocycles. The Bertz CT molecular complexity index is 876. The van der Waals surface area contributed by atoms with Crippen LogP contribution in [0.5, 0.6) is 0 Å². The Balaban J connectivity index is 0.00000256. The van der Waals surface area contributed by atoms with Crippen molar-refractivity contribution in [3.05, 3.63) is 41.2 Å². The molecule has 2 amide bonds. The van der Waals surface area contributed by atoms with E-state index in [-0.39, 0.29) is 24.2 Å². The predicted octanol–water partition coefficient (Wildman–Crippen LogP) is 2.38. The zero-order valence-electron chi connectivity index (χ0n) is 17.3. The maximum Gasteiger partial charge on any atom is 0.274 e. The smallest absolute Gasteiger partial charge is 0.274 e. The molecule has 2 N–H and O–H groups in total. The number of hydrogen-bond acceptors (Lipinski definition) is 5. The molecule has 8 nitrogen and oxygen atoms in total. The second-order valence-corrected chi connectivity index (χ2v) is 7.80. The van der Waals surface area contributed by atoms with Gasteiger partial charge < -0.3 is 15.5 Å². The Morgan fingerprint density at radius 3 is 2.63 bits per heavy atom. The molecule has 0 saturated carbocycles. The third-order valence-electron chi connectivity index (χ3n) is 5.82. The van der Waals surface area contributed by atoms with Gasteiger partial charge in [0.1, 0.15) is 0 Å². The van der Waals surface area contributed by atoms with E-state index in [0.717, 1.165) is 62.3 Å². The first-order chi connectivity index (χ1) is 14.1. The number of nitrogens with one attached hydrogen (secondary N) is 2. The summed E-state index contributed by atoms with van der Waals surface area (Å²) in [5.74, 6) is -0.0254. The average molecular weight is 433 g/mol. The minimum atomic E-state index is -0.210. The van der Waals surface area contributed by atoms with Crippen LogP contribution in [0.25, 0.3) is 0 Å². The van der Waals surface area contributed by atoms with E-state index in [9.17, 15) is 9.59 Å². The second kappa shape index (κ2) is 10.0. The van der Waals surface area contributed by atoms with E-state index < -0.39 is 0 Å².